The van der Waals surface area contributed by atoms with Gasteiger partial charge in [-0.2, -0.15) is 5.10 Å². The normalized spacial score (nSPS) is 10.9. The Morgan fingerprint density at radius 3 is 2.73 bits per heavy atom. The first-order valence-electron chi connectivity index (χ1n) is 9.12. The van der Waals surface area contributed by atoms with E-state index >= 15 is 0 Å². The van der Waals surface area contributed by atoms with Crippen LogP contribution in [0.25, 0.3) is 5.69 Å². The molecule has 0 bridgehead atoms. The van der Waals surface area contributed by atoms with E-state index in [1.165, 1.54) is 5.56 Å². The molecule has 1 amide bonds. The van der Waals surface area contributed by atoms with Crippen LogP contribution in [0.1, 0.15) is 53.3 Å². The SMILES string of the molecule is CCCc1nn(-c2cccc(C)c2)c(CC)c1C(=O)NCc1ccco1. The van der Waals surface area contributed by atoms with Gasteiger partial charge in [0.05, 0.1) is 35.4 Å². The molecule has 0 aliphatic rings. The van der Waals surface area contributed by atoms with Crippen LogP contribution < -0.4 is 5.32 Å². The first-order valence-corrected chi connectivity index (χ1v) is 9.12. The molecule has 5 heteroatoms. The van der Waals surface area contributed by atoms with Crippen LogP contribution in [-0.4, -0.2) is 15.7 Å². The standard InChI is InChI=1S/C21H25N3O2/c1-4-8-18-20(21(25)22-14-17-11-7-12-26-17)19(5-2)24(23-18)16-10-6-9-15(3)13-16/h6-7,9-13H,4-5,8,14H2,1-3H3,(H,22,25). The summed E-state index contributed by atoms with van der Waals surface area (Å²) in [6, 6.07) is 11.9. The van der Waals surface area contributed by atoms with E-state index in [0.717, 1.165) is 42.1 Å². The fourth-order valence-electron chi connectivity index (χ4n) is 3.15. The van der Waals surface area contributed by atoms with Crippen molar-refractivity contribution >= 4 is 5.91 Å². The molecular weight excluding hydrogens is 326 g/mol. The van der Waals surface area contributed by atoms with Crippen molar-refractivity contribution in [2.45, 2.75) is 46.6 Å². The van der Waals surface area contributed by atoms with Gasteiger partial charge in [-0.05, 0) is 49.6 Å². The third kappa shape index (κ3) is 3.72. The van der Waals surface area contributed by atoms with Crippen molar-refractivity contribution in [3.63, 3.8) is 0 Å². The van der Waals surface area contributed by atoms with Crippen molar-refractivity contribution in [1.29, 1.82) is 0 Å². The van der Waals surface area contributed by atoms with Crippen LogP contribution in [0, 0.1) is 6.92 Å². The predicted molar refractivity (Wildman–Crippen MR) is 102 cm³/mol. The van der Waals surface area contributed by atoms with E-state index in [-0.39, 0.29) is 5.91 Å². The van der Waals surface area contributed by atoms with Crippen LogP contribution in [0.4, 0.5) is 0 Å². The molecule has 0 saturated carbocycles. The summed E-state index contributed by atoms with van der Waals surface area (Å²) in [5.74, 6) is 0.639. The number of hydrogen-bond donors (Lipinski definition) is 1. The number of carbonyl (C=O) groups excluding carboxylic acids is 1. The summed E-state index contributed by atoms with van der Waals surface area (Å²) < 4.78 is 7.22. The zero-order valence-corrected chi connectivity index (χ0v) is 15.6. The maximum absolute atomic E-state index is 12.9. The second-order valence-corrected chi connectivity index (χ2v) is 6.38. The maximum Gasteiger partial charge on any atom is 0.255 e. The fraction of sp³-hybridized carbons (Fsp3) is 0.333. The van der Waals surface area contributed by atoms with E-state index in [1.54, 1.807) is 6.26 Å². The summed E-state index contributed by atoms with van der Waals surface area (Å²) in [7, 11) is 0. The minimum atomic E-state index is -0.0967. The Labute approximate surface area is 154 Å². The largest absolute Gasteiger partial charge is 0.467 e. The molecule has 2 heterocycles. The van der Waals surface area contributed by atoms with E-state index in [0.29, 0.717) is 12.1 Å². The average molecular weight is 351 g/mol. The van der Waals surface area contributed by atoms with Gasteiger partial charge >= 0.3 is 0 Å². The van der Waals surface area contributed by atoms with Gasteiger partial charge in [-0.1, -0.05) is 32.4 Å². The smallest absolute Gasteiger partial charge is 0.255 e. The van der Waals surface area contributed by atoms with Crippen LogP contribution in [0.5, 0.6) is 0 Å². The number of aromatic nitrogens is 2. The monoisotopic (exact) mass is 351 g/mol. The number of nitrogens with one attached hydrogen (secondary N) is 1. The van der Waals surface area contributed by atoms with Crippen molar-refractivity contribution in [2.75, 3.05) is 0 Å². The number of benzene rings is 1. The van der Waals surface area contributed by atoms with Gasteiger partial charge in [0.15, 0.2) is 0 Å². The third-order valence-corrected chi connectivity index (χ3v) is 4.35. The molecule has 3 aromatic rings. The second kappa shape index (κ2) is 8.04. The van der Waals surface area contributed by atoms with E-state index < -0.39 is 0 Å². The van der Waals surface area contributed by atoms with E-state index in [4.69, 9.17) is 9.52 Å². The molecule has 0 aliphatic heterocycles. The van der Waals surface area contributed by atoms with Crippen LogP contribution in [-0.2, 0) is 19.4 Å². The Morgan fingerprint density at radius 2 is 2.08 bits per heavy atom. The van der Waals surface area contributed by atoms with E-state index in [1.807, 2.05) is 28.9 Å². The van der Waals surface area contributed by atoms with Crippen LogP contribution >= 0.6 is 0 Å². The zero-order chi connectivity index (χ0) is 18.5. The molecule has 0 saturated heterocycles. The van der Waals surface area contributed by atoms with E-state index in [9.17, 15) is 4.79 Å². The van der Waals surface area contributed by atoms with Gasteiger partial charge in [-0.15, -0.1) is 0 Å². The molecule has 0 unspecified atom stereocenters. The lowest BCUT2D eigenvalue weighted by molar-refractivity contribution is 0.0946. The third-order valence-electron chi connectivity index (χ3n) is 4.35. The Bertz CT molecular complexity index is 879. The maximum atomic E-state index is 12.9. The van der Waals surface area contributed by atoms with Gasteiger partial charge in [0.25, 0.3) is 5.91 Å². The second-order valence-electron chi connectivity index (χ2n) is 6.38. The summed E-state index contributed by atoms with van der Waals surface area (Å²) in [5, 5.41) is 7.75. The number of hydrogen-bond acceptors (Lipinski definition) is 3. The van der Waals surface area contributed by atoms with Crippen LogP contribution in [0.15, 0.2) is 47.1 Å². The van der Waals surface area contributed by atoms with E-state index in [2.05, 4.69) is 38.2 Å². The minimum absolute atomic E-state index is 0.0967. The lowest BCUT2D eigenvalue weighted by Gasteiger charge is -2.09. The number of amides is 1. The molecule has 26 heavy (non-hydrogen) atoms. The first kappa shape index (κ1) is 18.0. The molecule has 0 radical (unpaired) electrons. The first-order chi connectivity index (χ1) is 12.6. The molecule has 3 rings (SSSR count). The highest BCUT2D eigenvalue weighted by Gasteiger charge is 2.23. The fourth-order valence-corrected chi connectivity index (χ4v) is 3.15. The van der Waals surface area contributed by atoms with Crippen molar-refractivity contribution in [1.82, 2.24) is 15.1 Å². The van der Waals surface area contributed by atoms with Crippen LogP contribution in [0.3, 0.4) is 0 Å². The van der Waals surface area contributed by atoms with Gasteiger partial charge in [0.1, 0.15) is 5.76 Å². The van der Waals surface area contributed by atoms with Crippen molar-refractivity contribution in [3.8, 4) is 5.69 Å². The van der Waals surface area contributed by atoms with Crippen molar-refractivity contribution in [3.05, 3.63) is 70.9 Å². The highest BCUT2D eigenvalue weighted by Crippen LogP contribution is 2.22. The number of aryl methyl sites for hydroxylation is 2. The summed E-state index contributed by atoms with van der Waals surface area (Å²) in [6.45, 7) is 6.59. The molecule has 136 valence electrons. The summed E-state index contributed by atoms with van der Waals surface area (Å²) in [4.78, 5) is 12.9. The number of nitrogens with zero attached hydrogens (tertiary/aromatic N) is 2. The molecule has 0 fully saturated rings. The predicted octanol–water partition coefficient (Wildman–Crippen LogP) is 4.22. The zero-order valence-electron chi connectivity index (χ0n) is 15.6. The number of carbonyl (C=O) groups is 1. The Kier molecular flexibility index (Phi) is 5.56. The Hall–Kier alpha value is -2.82. The van der Waals surface area contributed by atoms with Gasteiger partial charge < -0.3 is 9.73 Å². The molecule has 0 aliphatic carbocycles. The molecule has 0 spiro atoms. The summed E-state index contributed by atoms with van der Waals surface area (Å²) in [6.07, 6.45) is 4.05. The molecule has 2 aromatic heterocycles. The minimum Gasteiger partial charge on any atom is -0.467 e. The van der Waals surface area contributed by atoms with Gasteiger partial charge in [0.2, 0.25) is 0 Å². The highest BCUT2D eigenvalue weighted by molar-refractivity contribution is 5.96. The lowest BCUT2D eigenvalue weighted by Crippen LogP contribution is -2.24. The van der Waals surface area contributed by atoms with Crippen molar-refractivity contribution < 1.29 is 9.21 Å². The van der Waals surface area contributed by atoms with Crippen LogP contribution in [0.2, 0.25) is 0 Å². The Balaban J connectivity index is 1.98. The molecular formula is C21H25N3O2. The van der Waals surface area contributed by atoms with Gasteiger partial charge in [-0.3, -0.25) is 4.79 Å². The number of rotatable bonds is 7. The molecule has 1 N–H and O–H groups in total. The lowest BCUT2D eigenvalue weighted by atomic mass is 10.1. The molecule has 0 atom stereocenters. The summed E-state index contributed by atoms with van der Waals surface area (Å²) in [5.41, 5.74) is 4.64. The number of furan rings is 1. The Morgan fingerprint density at radius 1 is 1.23 bits per heavy atom. The highest BCUT2D eigenvalue weighted by atomic mass is 16.3. The topological polar surface area (TPSA) is 60.1 Å². The van der Waals surface area contributed by atoms with Crippen molar-refractivity contribution in [2.24, 2.45) is 0 Å². The van der Waals surface area contributed by atoms with Gasteiger partial charge in [0, 0.05) is 0 Å². The van der Waals surface area contributed by atoms with Gasteiger partial charge in [-0.25, -0.2) is 4.68 Å². The quantitative estimate of drug-likeness (QED) is 0.693. The molecule has 5 nitrogen and oxygen atoms in total. The summed E-state index contributed by atoms with van der Waals surface area (Å²) >= 11 is 0. The molecule has 1 aromatic carbocycles. The average Bonchev–Trinajstić information content (AvgIpc) is 3.27.